The van der Waals surface area contributed by atoms with Crippen molar-refractivity contribution in [1.29, 1.82) is 5.26 Å². The summed E-state index contributed by atoms with van der Waals surface area (Å²) < 4.78 is 18.1. The average Bonchev–Trinajstić information content (AvgIpc) is 0.747. The molecule has 9 N–H and O–H groups in total. The van der Waals surface area contributed by atoms with Crippen LogP contribution in [0.4, 0.5) is 0 Å². The molecule has 15 heteroatoms. The van der Waals surface area contributed by atoms with Crippen LogP contribution in [0.5, 0.6) is 57.5 Å². The van der Waals surface area contributed by atoms with E-state index in [2.05, 4.69) is 214 Å². The third-order valence-corrected chi connectivity index (χ3v) is 21.8. The third kappa shape index (κ3) is 37.7. The number of unbranched alkanes of at least 4 members (excludes halogenated alkanes) is 6. The zero-order chi connectivity index (χ0) is 89.3. The molecule has 0 spiro atoms. The first kappa shape index (κ1) is 113. The van der Waals surface area contributed by atoms with Crippen LogP contribution in [0.1, 0.15) is 355 Å². The largest absolute Gasteiger partial charge is 0.508 e. The molecule has 2 atom stereocenters. The van der Waals surface area contributed by atoms with E-state index in [1.165, 1.54) is 82.3 Å². The van der Waals surface area contributed by atoms with Gasteiger partial charge in [0.25, 0.3) is 0 Å². The maximum Gasteiger partial charge on any atom is 0.339 e. The fourth-order valence-electron chi connectivity index (χ4n) is 15.3. The molecule has 2 heterocycles. The SMILES string of the molecule is C.C.C.CCCCCc1cc(O)c(C/C=C(\C)CCC=C(C)C)c(O)c1.CCCCCc1cc(O)c(C/C=C(\C)CCC=C(C)C)c(O)c1C(=O)O.CCCCCc1cc(O)c2c(c1)OC(C)(C)c1ccc(C)cc1-2.CCCc1cc(O)c(C/C=C(\C)CCC=C(C)C)c(O)c1.CCCc1cc(O)c2c(c1)OC(C)(C)[C@@H]1CCC(C)=C[C@@H]21.[3H][CH2-].[B]C#N.[V]. The third-order valence-electron chi connectivity index (χ3n) is 21.8. The molecule has 6 aromatic carbocycles. The summed E-state index contributed by atoms with van der Waals surface area (Å²) in [4.78, 5) is 11.6. The van der Waals surface area contributed by atoms with Crippen molar-refractivity contribution < 1.29 is 80.2 Å². The number of carbonyl (C=O) groups is 1. The first-order valence-electron chi connectivity index (χ1n) is 43.8. The number of rotatable bonds is 32. The number of carboxylic acids is 1. The first-order chi connectivity index (χ1) is 56.4. The number of aryl methyl sites for hydroxylation is 6. The smallest absolute Gasteiger partial charge is 0.339 e. The van der Waals surface area contributed by atoms with Crippen molar-refractivity contribution in [3.8, 4) is 74.6 Å². The van der Waals surface area contributed by atoms with Crippen LogP contribution in [0.3, 0.4) is 0 Å². The number of fused-ring (bicyclic) bond motifs is 6. The van der Waals surface area contributed by atoms with E-state index >= 15 is 0 Å². The fraction of sp³-hybridized carbons (Fsp3) is 0.505. The Balaban J connectivity index is 0. The summed E-state index contributed by atoms with van der Waals surface area (Å²) in [6, 6.07) is 23.1. The molecule has 0 unspecified atom stereocenters. The van der Waals surface area contributed by atoms with Gasteiger partial charge in [-0.1, -0.05) is 214 Å². The summed E-state index contributed by atoms with van der Waals surface area (Å²) in [5.74, 6) is 3.74. The standard InChI is InChI=1S/C22H32O4.C21H26O2.C21H32O2.C19H26O2.C19H28O2.CBN.3CH4.CH3.V/c1-5-6-7-11-17-14-19(23)18(21(24)20(17)22(25)26)13-12-16(4)10-8-9-15(2)3;1-5-6-7-8-15-12-18(22)20-16-11-14(2)9-10-17(16)21(3,4)23-19(20)13-15;1-5-6-7-11-18-14-20(22)19(21(23)15-18)13-12-17(4)10-8-9-16(2)3;1-5-6-13-10-16(20)18-14-9-12(2)7-8-15(14)19(3,4)21-17(18)11-13;1-5-7-16-12-18(20)17(19(21)13-16)11-10-15(4)9-6-8-14(2)3;2-1-3;;;;;/h9,12,14,23-24H,5-8,10-11,13H2,1-4H3,(H,25,26);9-13,22H,5-8H2,1-4H3;9,12,14-15,22-23H,5-8,10-11,13H2,1-4H3;9-11,14-15,20H,5-8H2,1-4H3;8,10,12-13,20-21H,5-7,9,11H2,1-4H3;;3*1H4;1H3;/q;;;;;;;;;-1;/b16-12+;;17-12+;;15-10+;;;;;;/t;;;14-,15-;;;;;;;/m...1......./s1/i;;;;;;;;;1T;. The second-order valence-corrected chi connectivity index (χ2v) is 34.1. The van der Waals surface area contributed by atoms with Crippen LogP contribution >= 0.6 is 0 Å². The number of aromatic hydroxyl groups is 8. The summed E-state index contributed by atoms with van der Waals surface area (Å²) in [6.45, 7) is 42.3. The maximum absolute atomic E-state index is 11.6. The predicted octanol–water partition coefficient (Wildman–Crippen LogP) is 29.8. The number of aromatic carboxylic acids is 1. The fourth-order valence-corrected chi connectivity index (χ4v) is 15.3. The van der Waals surface area contributed by atoms with Crippen LogP contribution in [0, 0.1) is 31.5 Å². The number of hydrogen-bond donors (Lipinski definition) is 9. The van der Waals surface area contributed by atoms with Crippen molar-refractivity contribution in [2.24, 2.45) is 5.92 Å². The van der Waals surface area contributed by atoms with Gasteiger partial charge in [-0.2, -0.15) is 0 Å². The molecule has 0 bridgehead atoms. The van der Waals surface area contributed by atoms with Gasteiger partial charge in [-0.05, 0) is 320 Å². The Labute approximate surface area is 754 Å². The number of carboxylic acid groups (broad SMARTS) is 1. The number of nitrogens with zero attached hydrogens (tertiary/aromatic N) is 1. The van der Waals surface area contributed by atoms with Gasteiger partial charge in [-0.25, -0.2) is 11.4 Å². The molecule has 6 aromatic rings. The van der Waals surface area contributed by atoms with E-state index in [4.69, 9.17) is 16.1 Å². The van der Waals surface area contributed by atoms with Crippen molar-refractivity contribution in [3.05, 3.63) is 229 Å². The normalized spacial score (nSPS) is 14.0. The van der Waals surface area contributed by atoms with Crippen LogP contribution in [-0.4, -0.2) is 65.4 Å². The van der Waals surface area contributed by atoms with Crippen molar-refractivity contribution >= 4 is 13.8 Å². The van der Waals surface area contributed by atoms with Crippen LogP contribution < -0.4 is 9.47 Å². The number of phenolic OH excluding ortho intramolecular Hbond substituents is 7. The van der Waals surface area contributed by atoms with Crippen molar-refractivity contribution in [3.63, 3.8) is 0 Å². The first-order valence-corrected chi connectivity index (χ1v) is 43.1. The van der Waals surface area contributed by atoms with Gasteiger partial charge in [-0.3, -0.25) is 0 Å². The summed E-state index contributed by atoms with van der Waals surface area (Å²) in [6.07, 6.45) is 41.0. The zero-order valence-electron chi connectivity index (χ0n) is 77.1. The van der Waals surface area contributed by atoms with Gasteiger partial charge in [0.15, 0.2) is 0 Å². The van der Waals surface area contributed by atoms with Crippen LogP contribution in [0.25, 0.3) is 11.1 Å². The van der Waals surface area contributed by atoms with E-state index in [9.17, 15) is 50.8 Å². The van der Waals surface area contributed by atoms with E-state index in [0.29, 0.717) is 59.8 Å². The Hall–Kier alpha value is -8.89. The molecule has 2 aliphatic heterocycles. The molecular weight excluding hydrogens is 1550 g/mol. The maximum atomic E-state index is 11.6. The Morgan fingerprint density at radius 1 is 0.516 bits per heavy atom. The molecule has 122 heavy (non-hydrogen) atoms. The molecule has 1 aliphatic carbocycles. The van der Waals surface area contributed by atoms with E-state index in [1.54, 1.807) is 24.3 Å². The number of allylic oxidation sites excluding steroid dienone is 14. The van der Waals surface area contributed by atoms with Gasteiger partial charge in [0.2, 0.25) is 7.85 Å². The minimum atomic E-state index is -1.15. The minimum absolute atomic E-state index is 0. The molecule has 0 saturated carbocycles. The number of hydrogen-bond acceptors (Lipinski definition) is 12. The van der Waals surface area contributed by atoms with E-state index in [0.717, 1.165) is 178 Å². The van der Waals surface area contributed by atoms with Crippen LogP contribution in [0.2, 0.25) is 0 Å². The summed E-state index contributed by atoms with van der Waals surface area (Å²) in [5, 5.41) is 99.0. The minimum Gasteiger partial charge on any atom is -0.508 e. The molecule has 0 fully saturated rings. The Morgan fingerprint density at radius 3 is 1.33 bits per heavy atom. The topological polar surface area (TPSA) is 241 Å². The van der Waals surface area contributed by atoms with Gasteiger partial charge in [0.05, 0.1) is 5.56 Å². The zero-order valence-corrected chi connectivity index (χ0v) is 77.5. The van der Waals surface area contributed by atoms with Crippen molar-refractivity contribution in [1.82, 2.24) is 0 Å². The van der Waals surface area contributed by atoms with Gasteiger partial charge < -0.3 is 62.8 Å². The molecule has 0 amide bonds. The van der Waals surface area contributed by atoms with Crippen molar-refractivity contribution in [2.45, 2.75) is 351 Å². The second kappa shape index (κ2) is 58.3. The van der Waals surface area contributed by atoms with E-state index in [1.807, 2.05) is 25.1 Å². The Bertz CT molecular complexity index is 4430. The van der Waals surface area contributed by atoms with Crippen LogP contribution in [-0.2, 0) is 75.5 Å². The molecule has 9 rings (SSSR count). The quantitative estimate of drug-likeness (QED) is 0.00827. The van der Waals surface area contributed by atoms with E-state index in [-0.39, 0.29) is 104 Å². The molecule has 13 nitrogen and oxygen atoms in total. The van der Waals surface area contributed by atoms with Gasteiger partial charge in [0, 0.05) is 58.2 Å². The number of benzene rings is 6. The summed E-state index contributed by atoms with van der Waals surface area (Å²) in [7, 11) is 6.65. The Kier molecular flexibility index (Phi) is 54.0. The Morgan fingerprint density at radius 2 is 0.902 bits per heavy atom. The van der Waals surface area contributed by atoms with Gasteiger partial charge in [0.1, 0.15) is 74.3 Å². The number of phenols is 8. The second-order valence-electron chi connectivity index (χ2n) is 34.1. The molecule has 673 valence electrons. The molecule has 0 aromatic heterocycles. The van der Waals surface area contributed by atoms with Gasteiger partial charge >= 0.3 is 5.97 Å². The number of nitriles is 1. The number of ether oxygens (including phenoxy) is 2. The predicted molar refractivity (Wildman–Crippen MR) is 514 cm³/mol. The monoisotopic (exact) mass is 1710 g/mol. The van der Waals surface area contributed by atoms with Crippen molar-refractivity contribution in [2.75, 3.05) is 0 Å². The molecule has 0 saturated heterocycles. The molecule has 3 aliphatic rings. The van der Waals surface area contributed by atoms with Crippen LogP contribution in [0.15, 0.2) is 154 Å². The summed E-state index contributed by atoms with van der Waals surface area (Å²) in [5.41, 5.74) is 20.1. The van der Waals surface area contributed by atoms with E-state index < -0.39 is 5.97 Å². The molecular formula is C107H159BNO12V-. The van der Waals surface area contributed by atoms with Gasteiger partial charge in [-0.15, -0.1) is 0 Å². The average molecular weight is 1720 g/mol. The summed E-state index contributed by atoms with van der Waals surface area (Å²) >= 11 is 0. The molecule has 3 radical (unpaired) electrons.